The molecule has 1 aliphatic rings. The van der Waals surface area contributed by atoms with Gasteiger partial charge in [0, 0.05) is 12.6 Å². The minimum absolute atomic E-state index is 0.0283. The lowest BCUT2D eigenvalue weighted by atomic mass is 9.96. The molecule has 1 aromatic rings. The first kappa shape index (κ1) is 18.0. The van der Waals surface area contributed by atoms with Gasteiger partial charge in [-0.05, 0) is 38.3 Å². The molecule has 1 aromatic carbocycles. The van der Waals surface area contributed by atoms with Gasteiger partial charge in [0.2, 0.25) is 0 Å². The second-order valence-corrected chi connectivity index (χ2v) is 5.74. The van der Waals surface area contributed by atoms with Crippen molar-refractivity contribution in [3.05, 3.63) is 27.8 Å². The van der Waals surface area contributed by atoms with E-state index in [-0.39, 0.29) is 22.7 Å². The zero-order valence-corrected chi connectivity index (χ0v) is 14.0. The molecule has 2 rings (SSSR count). The quantitative estimate of drug-likeness (QED) is 0.580. The summed E-state index contributed by atoms with van der Waals surface area (Å²) in [5.41, 5.74) is -0.330. The molecular formula is C16H23N3O5. The average molecular weight is 337 g/mol. The molecule has 1 aliphatic heterocycles. The predicted octanol–water partition coefficient (Wildman–Crippen LogP) is 1.73. The second kappa shape index (κ2) is 8.49. The summed E-state index contributed by atoms with van der Waals surface area (Å²) in [5.74, 6) is 0.546. The number of carbonyl (C=O) groups excluding carboxylic acids is 1. The highest BCUT2D eigenvalue weighted by Crippen LogP contribution is 2.34. The zero-order valence-electron chi connectivity index (χ0n) is 14.0. The summed E-state index contributed by atoms with van der Waals surface area (Å²) in [6, 6.07) is 2.55. The van der Waals surface area contributed by atoms with Crippen molar-refractivity contribution in [1.82, 2.24) is 10.6 Å². The van der Waals surface area contributed by atoms with Gasteiger partial charge < -0.3 is 20.1 Å². The Kier molecular flexibility index (Phi) is 6.36. The van der Waals surface area contributed by atoms with Crippen LogP contribution in [0.1, 0.15) is 29.6 Å². The van der Waals surface area contributed by atoms with Gasteiger partial charge in [-0.3, -0.25) is 14.9 Å². The van der Waals surface area contributed by atoms with Gasteiger partial charge in [0.1, 0.15) is 5.56 Å². The van der Waals surface area contributed by atoms with Crippen LogP contribution >= 0.6 is 0 Å². The highest BCUT2D eigenvalue weighted by Gasteiger charge is 2.24. The Balaban J connectivity index is 2.07. The summed E-state index contributed by atoms with van der Waals surface area (Å²) in [6.07, 6.45) is 3.12. The Labute approximate surface area is 140 Å². The topological polar surface area (TPSA) is 103 Å². The standard InChI is InChI=1S/C16H23N3O5/c1-23-14-8-12(13(19(21)22)9-15(14)24-2)16(20)18-7-5-11-4-3-6-17-10-11/h8-9,11,17H,3-7,10H2,1-2H3,(H,18,20). The van der Waals surface area contributed by atoms with Crippen LogP contribution in [0.2, 0.25) is 0 Å². The molecule has 1 amide bonds. The SMILES string of the molecule is COc1cc(C(=O)NCCC2CCCNC2)c([N+](=O)[O-])cc1OC. The van der Waals surface area contributed by atoms with Crippen molar-refractivity contribution < 1.29 is 19.2 Å². The number of nitro benzene ring substituents is 1. The fourth-order valence-electron chi connectivity index (χ4n) is 2.86. The van der Waals surface area contributed by atoms with Crippen molar-refractivity contribution in [3.8, 4) is 11.5 Å². The van der Waals surface area contributed by atoms with Gasteiger partial charge in [0.25, 0.3) is 11.6 Å². The summed E-state index contributed by atoms with van der Waals surface area (Å²) in [4.78, 5) is 23.0. The molecule has 0 radical (unpaired) electrons. The molecule has 8 heteroatoms. The molecule has 1 atom stereocenters. The number of hydrogen-bond donors (Lipinski definition) is 2. The van der Waals surface area contributed by atoms with Gasteiger partial charge in [-0.25, -0.2) is 0 Å². The Hall–Kier alpha value is -2.35. The Morgan fingerprint density at radius 1 is 1.38 bits per heavy atom. The molecule has 2 N–H and O–H groups in total. The lowest BCUT2D eigenvalue weighted by Gasteiger charge is -2.22. The number of nitrogens with zero attached hydrogens (tertiary/aromatic N) is 1. The summed E-state index contributed by atoms with van der Waals surface area (Å²) in [5, 5.41) is 17.3. The highest BCUT2D eigenvalue weighted by atomic mass is 16.6. The summed E-state index contributed by atoms with van der Waals surface area (Å²) in [7, 11) is 2.81. The third kappa shape index (κ3) is 4.35. The van der Waals surface area contributed by atoms with Gasteiger partial charge in [0.05, 0.1) is 25.2 Å². The van der Waals surface area contributed by atoms with Crippen molar-refractivity contribution in [2.75, 3.05) is 33.9 Å². The van der Waals surface area contributed by atoms with Gasteiger partial charge >= 0.3 is 0 Å². The van der Waals surface area contributed by atoms with Crippen LogP contribution in [0.15, 0.2) is 12.1 Å². The number of nitrogens with one attached hydrogen (secondary N) is 2. The number of rotatable bonds is 7. The van der Waals surface area contributed by atoms with E-state index < -0.39 is 10.8 Å². The largest absolute Gasteiger partial charge is 0.493 e. The number of hydrogen-bond acceptors (Lipinski definition) is 6. The maximum Gasteiger partial charge on any atom is 0.286 e. The lowest BCUT2D eigenvalue weighted by molar-refractivity contribution is -0.385. The molecule has 132 valence electrons. The van der Waals surface area contributed by atoms with Crippen LogP contribution in [0, 0.1) is 16.0 Å². The number of benzene rings is 1. The number of amides is 1. The van der Waals surface area contributed by atoms with Gasteiger partial charge in [0.15, 0.2) is 11.5 Å². The fourth-order valence-corrected chi connectivity index (χ4v) is 2.86. The molecule has 0 aromatic heterocycles. The minimum Gasteiger partial charge on any atom is -0.493 e. The van der Waals surface area contributed by atoms with Crippen LogP contribution in [0.3, 0.4) is 0 Å². The third-order valence-corrected chi connectivity index (χ3v) is 4.18. The molecule has 0 spiro atoms. The van der Waals surface area contributed by atoms with Crippen LogP contribution in [0.25, 0.3) is 0 Å². The molecule has 1 fully saturated rings. The zero-order chi connectivity index (χ0) is 17.5. The second-order valence-electron chi connectivity index (χ2n) is 5.74. The number of methoxy groups -OCH3 is 2. The van der Waals surface area contributed by atoms with E-state index in [1.807, 2.05) is 0 Å². The van der Waals surface area contributed by atoms with Crippen molar-refractivity contribution in [2.24, 2.45) is 5.92 Å². The molecule has 0 bridgehead atoms. The molecular weight excluding hydrogens is 314 g/mol. The minimum atomic E-state index is -0.595. The van der Waals surface area contributed by atoms with Gasteiger partial charge in [-0.15, -0.1) is 0 Å². The van der Waals surface area contributed by atoms with Crippen LogP contribution in [-0.4, -0.2) is 44.7 Å². The van der Waals surface area contributed by atoms with E-state index in [0.29, 0.717) is 12.5 Å². The van der Waals surface area contributed by atoms with Crippen LogP contribution in [0.4, 0.5) is 5.69 Å². The van der Waals surface area contributed by atoms with Crippen molar-refractivity contribution in [3.63, 3.8) is 0 Å². The number of ether oxygens (including phenoxy) is 2. The molecule has 1 heterocycles. The first-order valence-electron chi connectivity index (χ1n) is 7.96. The molecule has 8 nitrogen and oxygen atoms in total. The normalized spacial score (nSPS) is 17.2. The fraction of sp³-hybridized carbons (Fsp3) is 0.562. The smallest absolute Gasteiger partial charge is 0.286 e. The van der Waals surface area contributed by atoms with Crippen molar-refractivity contribution in [2.45, 2.75) is 19.3 Å². The van der Waals surface area contributed by atoms with Crippen LogP contribution in [0.5, 0.6) is 11.5 Å². The molecule has 24 heavy (non-hydrogen) atoms. The summed E-state index contributed by atoms with van der Waals surface area (Å²) >= 11 is 0. The summed E-state index contributed by atoms with van der Waals surface area (Å²) < 4.78 is 10.2. The Morgan fingerprint density at radius 2 is 2.08 bits per heavy atom. The van der Waals surface area contributed by atoms with Gasteiger partial charge in [-0.1, -0.05) is 0 Å². The molecule has 1 saturated heterocycles. The molecule has 0 aliphatic carbocycles. The van der Waals surface area contributed by atoms with Crippen molar-refractivity contribution >= 4 is 11.6 Å². The number of carbonyl (C=O) groups is 1. The van der Waals surface area contributed by atoms with E-state index in [9.17, 15) is 14.9 Å². The third-order valence-electron chi connectivity index (χ3n) is 4.18. The first-order chi connectivity index (χ1) is 11.6. The highest BCUT2D eigenvalue weighted by molar-refractivity contribution is 5.99. The predicted molar refractivity (Wildman–Crippen MR) is 88.7 cm³/mol. The Bertz CT molecular complexity index is 600. The molecule has 0 saturated carbocycles. The van der Waals surface area contributed by atoms with Crippen LogP contribution in [-0.2, 0) is 0 Å². The maximum atomic E-state index is 12.4. The van der Waals surface area contributed by atoms with E-state index >= 15 is 0 Å². The Morgan fingerprint density at radius 3 is 2.67 bits per heavy atom. The number of piperidine rings is 1. The monoisotopic (exact) mass is 337 g/mol. The lowest BCUT2D eigenvalue weighted by Crippen LogP contribution is -2.33. The number of nitro groups is 1. The first-order valence-corrected chi connectivity index (χ1v) is 7.96. The summed E-state index contributed by atoms with van der Waals surface area (Å²) in [6.45, 7) is 2.48. The van der Waals surface area contributed by atoms with E-state index in [4.69, 9.17) is 9.47 Å². The van der Waals surface area contributed by atoms with E-state index in [1.54, 1.807) is 0 Å². The maximum absolute atomic E-state index is 12.4. The van der Waals surface area contributed by atoms with E-state index in [0.717, 1.165) is 32.4 Å². The van der Waals surface area contributed by atoms with E-state index in [2.05, 4.69) is 10.6 Å². The van der Waals surface area contributed by atoms with E-state index in [1.165, 1.54) is 26.4 Å². The van der Waals surface area contributed by atoms with Crippen molar-refractivity contribution in [1.29, 1.82) is 0 Å². The average Bonchev–Trinajstić information content (AvgIpc) is 2.61. The van der Waals surface area contributed by atoms with Gasteiger partial charge in [-0.2, -0.15) is 0 Å². The molecule has 1 unspecified atom stereocenters. The van der Waals surface area contributed by atoms with Crippen LogP contribution < -0.4 is 20.1 Å².